The Morgan fingerprint density at radius 1 is 1.07 bits per heavy atom. The van der Waals surface area contributed by atoms with Gasteiger partial charge in [0.25, 0.3) is 0 Å². The summed E-state index contributed by atoms with van der Waals surface area (Å²) < 4.78 is 56.5. The fourth-order valence-corrected chi connectivity index (χ4v) is 8.51. The van der Waals surface area contributed by atoms with Gasteiger partial charge in [0.05, 0.1) is 23.9 Å². The van der Waals surface area contributed by atoms with E-state index in [9.17, 15) is 16.8 Å². The molecule has 1 heterocycles. The number of sulfone groups is 2. The molecule has 1 aliphatic rings. The minimum Gasteiger partial charge on any atom is -0.495 e. The van der Waals surface area contributed by atoms with Crippen LogP contribution in [-0.2, 0) is 26.2 Å². The number of ether oxygens (including phenoxy) is 1. The summed E-state index contributed by atoms with van der Waals surface area (Å²) in [5, 5.41) is 2.10. The Balaban J connectivity index is 1.92. The molecule has 0 aromatic heterocycles. The van der Waals surface area contributed by atoms with E-state index in [0.717, 1.165) is 16.7 Å². The van der Waals surface area contributed by atoms with Gasteiger partial charge in [0.1, 0.15) is 10.6 Å². The van der Waals surface area contributed by atoms with E-state index in [1.54, 1.807) is 19.1 Å². The van der Waals surface area contributed by atoms with Gasteiger partial charge >= 0.3 is 0 Å². The summed E-state index contributed by atoms with van der Waals surface area (Å²) >= 11 is 0. The molecule has 6 nitrogen and oxygen atoms in total. The molecule has 3 rings (SSSR count). The van der Waals surface area contributed by atoms with E-state index in [0.29, 0.717) is 6.54 Å². The number of nitrogens with one attached hydrogen (secondary N) is 1. The highest BCUT2D eigenvalue weighted by Gasteiger charge is 2.46. The van der Waals surface area contributed by atoms with E-state index in [1.807, 2.05) is 31.2 Å². The molecule has 152 valence electrons. The highest BCUT2D eigenvalue weighted by Crippen LogP contribution is 2.32. The van der Waals surface area contributed by atoms with E-state index >= 15 is 0 Å². The summed E-state index contributed by atoms with van der Waals surface area (Å²) in [7, 11) is -5.96. The monoisotopic (exact) mass is 423 g/mol. The number of hydrogen-bond donors (Lipinski definition) is 1. The molecule has 1 aliphatic heterocycles. The van der Waals surface area contributed by atoms with Gasteiger partial charge in [0.2, 0.25) is 0 Å². The van der Waals surface area contributed by atoms with E-state index < -0.39 is 36.7 Å². The zero-order chi connectivity index (χ0) is 20.5. The first-order valence-electron chi connectivity index (χ1n) is 9.00. The highest BCUT2D eigenvalue weighted by atomic mass is 32.2. The zero-order valence-electron chi connectivity index (χ0n) is 16.2. The number of benzene rings is 2. The van der Waals surface area contributed by atoms with Crippen LogP contribution in [0.25, 0.3) is 0 Å². The Hall–Kier alpha value is -1.90. The number of hydrogen-bond acceptors (Lipinski definition) is 6. The van der Waals surface area contributed by atoms with Gasteiger partial charge in [-0.25, -0.2) is 16.8 Å². The Kier molecular flexibility index (Phi) is 5.84. The zero-order valence-corrected chi connectivity index (χ0v) is 17.8. The average Bonchev–Trinajstić information content (AvgIpc) is 2.95. The van der Waals surface area contributed by atoms with Crippen molar-refractivity contribution in [1.29, 1.82) is 0 Å². The molecule has 2 atom stereocenters. The van der Waals surface area contributed by atoms with E-state index in [1.165, 1.54) is 13.2 Å². The Morgan fingerprint density at radius 2 is 1.79 bits per heavy atom. The SMILES string of the molecule is COc1ccc(C)cc1S(=O)(=O)[C@H]1CS(=O)(=O)C[C@@H]1NCc1cccc(C)c1. The average molecular weight is 424 g/mol. The van der Waals surface area contributed by atoms with Crippen LogP contribution in [0.4, 0.5) is 0 Å². The first-order valence-corrected chi connectivity index (χ1v) is 12.4. The molecule has 2 aromatic carbocycles. The van der Waals surface area contributed by atoms with Crippen LogP contribution in [0.3, 0.4) is 0 Å². The first-order chi connectivity index (χ1) is 13.1. The van der Waals surface area contributed by atoms with Crippen LogP contribution in [0.5, 0.6) is 5.75 Å². The maximum Gasteiger partial charge on any atom is 0.187 e. The maximum atomic E-state index is 13.3. The van der Waals surface area contributed by atoms with Crippen molar-refractivity contribution in [3.63, 3.8) is 0 Å². The Bertz CT molecular complexity index is 1080. The molecule has 0 bridgehead atoms. The van der Waals surface area contributed by atoms with E-state index in [2.05, 4.69) is 5.32 Å². The summed E-state index contributed by atoms with van der Waals surface area (Å²) in [4.78, 5) is 0.0412. The van der Waals surface area contributed by atoms with Gasteiger partial charge in [-0.2, -0.15) is 0 Å². The number of aryl methyl sites for hydroxylation is 2. The molecule has 0 radical (unpaired) electrons. The molecule has 28 heavy (non-hydrogen) atoms. The number of rotatable bonds is 6. The molecule has 1 saturated heterocycles. The van der Waals surface area contributed by atoms with E-state index in [-0.39, 0.29) is 16.4 Å². The van der Waals surface area contributed by atoms with E-state index in [4.69, 9.17) is 4.74 Å². The molecule has 0 saturated carbocycles. The van der Waals surface area contributed by atoms with Crippen LogP contribution in [0.15, 0.2) is 47.4 Å². The third kappa shape index (κ3) is 4.39. The maximum absolute atomic E-state index is 13.3. The molecular formula is C20H25NO5S2. The molecule has 0 spiro atoms. The van der Waals surface area contributed by atoms with Gasteiger partial charge in [0, 0.05) is 12.6 Å². The van der Waals surface area contributed by atoms with Crippen LogP contribution in [0.2, 0.25) is 0 Å². The Morgan fingerprint density at radius 3 is 2.46 bits per heavy atom. The topological polar surface area (TPSA) is 89.5 Å². The summed E-state index contributed by atoms with van der Waals surface area (Å²) in [6.45, 7) is 4.16. The quantitative estimate of drug-likeness (QED) is 0.765. The lowest BCUT2D eigenvalue weighted by molar-refractivity contribution is 0.402. The van der Waals surface area contributed by atoms with Crippen LogP contribution in [-0.4, -0.2) is 46.7 Å². The molecule has 2 aromatic rings. The van der Waals surface area contributed by atoms with Crippen LogP contribution in [0, 0.1) is 13.8 Å². The Labute approximate surface area is 166 Å². The summed E-state index contributed by atoms with van der Waals surface area (Å²) in [5.74, 6) is -0.360. The molecule has 0 amide bonds. The van der Waals surface area contributed by atoms with Gasteiger partial charge in [0.15, 0.2) is 19.7 Å². The normalized spacial score (nSPS) is 21.5. The predicted octanol–water partition coefficient (Wildman–Crippen LogP) is 2.04. The van der Waals surface area contributed by atoms with Crippen molar-refractivity contribution in [2.75, 3.05) is 18.6 Å². The molecule has 0 aliphatic carbocycles. The van der Waals surface area contributed by atoms with Crippen molar-refractivity contribution < 1.29 is 21.6 Å². The van der Waals surface area contributed by atoms with Crippen molar-refractivity contribution in [1.82, 2.24) is 5.32 Å². The lowest BCUT2D eigenvalue weighted by atomic mass is 10.1. The molecular weight excluding hydrogens is 398 g/mol. The second-order valence-electron chi connectivity index (χ2n) is 7.29. The minimum atomic E-state index is -3.90. The van der Waals surface area contributed by atoms with Gasteiger partial charge in [-0.1, -0.05) is 35.9 Å². The fourth-order valence-electron chi connectivity index (χ4n) is 3.55. The van der Waals surface area contributed by atoms with Crippen molar-refractivity contribution in [3.8, 4) is 5.75 Å². The summed E-state index contributed by atoms with van der Waals surface area (Å²) in [6, 6.07) is 12.0. The van der Waals surface area contributed by atoms with Gasteiger partial charge < -0.3 is 10.1 Å². The second kappa shape index (κ2) is 7.85. The molecule has 1 N–H and O–H groups in total. The van der Waals surface area contributed by atoms with Crippen molar-refractivity contribution in [3.05, 3.63) is 59.2 Å². The fraction of sp³-hybridized carbons (Fsp3) is 0.400. The largest absolute Gasteiger partial charge is 0.495 e. The van der Waals surface area contributed by atoms with Crippen molar-refractivity contribution >= 4 is 19.7 Å². The van der Waals surface area contributed by atoms with Crippen molar-refractivity contribution in [2.45, 2.75) is 36.6 Å². The van der Waals surface area contributed by atoms with Gasteiger partial charge in [-0.15, -0.1) is 0 Å². The standard InChI is InChI=1S/C20H25NO5S2/c1-14-5-4-6-16(9-14)11-21-17-12-27(22,23)13-20(17)28(24,25)19-10-15(2)7-8-18(19)26-3/h4-10,17,20-21H,11-13H2,1-3H3/t17-,20-/m0/s1. The molecule has 0 unspecified atom stereocenters. The van der Waals surface area contributed by atoms with Gasteiger partial charge in [-0.3, -0.25) is 0 Å². The predicted molar refractivity (Wildman–Crippen MR) is 109 cm³/mol. The summed E-state index contributed by atoms with van der Waals surface area (Å²) in [5.41, 5.74) is 2.84. The van der Waals surface area contributed by atoms with Crippen molar-refractivity contribution in [2.24, 2.45) is 0 Å². The van der Waals surface area contributed by atoms with Crippen LogP contribution in [0.1, 0.15) is 16.7 Å². The van der Waals surface area contributed by atoms with Gasteiger partial charge in [-0.05, 0) is 37.1 Å². The lowest BCUT2D eigenvalue weighted by Gasteiger charge is -2.21. The van der Waals surface area contributed by atoms with Crippen LogP contribution < -0.4 is 10.1 Å². The molecule has 1 fully saturated rings. The third-order valence-electron chi connectivity index (χ3n) is 4.98. The minimum absolute atomic E-state index is 0.0412. The summed E-state index contributed by atoms with van der Waals surface area (Å²) in [6.07, 6.45) is 0. The first kappa shape index (κ1) is 20.8. The lowest BCUT2D eigenvalue weighted by Crippen LogP contribution is -2.43. The third-order valence-corrected chi connectivity index (χ3v) is 9.14. The smallest absolute Gasteiger partial charge is 0.187 e. The molecule has 8 heteroatoms. The number of methoxy groups -OCH3 is 1. The highest BCUT2D eigenvalue weighted by molar-refractivity contribution is 7.96. The second-order valence-corrected chi connectivity index (χ2v) is 11.6. The van der Waals surface area contributed by atoms with Crippen LogP contribution >= 0.6 is 0 Å².